The molecule has 0 radical (unpaired) electrons. The number of aliphatic imine (C=N–C) groups is 2. The minimum Gasteiger partial charge on any atom is -0.294 e. The van der Waals surface area contributed by atoms with Crippen molar-refractivity contribution in [3.63, 3.8) is 0 Å². The maximum Gasteiger partial charge on any atom is 0.0392 e. The van der Waals surface area contributed by atoms with E-state index < -0.39 is 0 Å². The molecule has 14 heavy (non-hydrogen) atoms. The summed E-state index contributed by atoms with van der Waals surface area (Å²) in [5.74, 6) is 0. The molecule has 2 heteroatoms. The molecule has 0 aliphatic carbocycles. The van der Waals surface area contributed by atoms with E-state index in [-0.39, 0.29) is 0 Å². The fourth-order valence-electron chi connectivity index (χ4n) is 1.78. The molecule has 0 unspecified atom stereocenters. The third-order valence-corrected chi connectivity index (χ3v) is 2.73. The predicted molar refractivity (Wildman–Crippen MR) is 63.7 cm³/mol. The molecule has 0 saturated carbocycles. The van der Waals surface area contributed by atoms with Crippen molar-refractivity contribution in [2.75, 3.05) is 13.1 Å². The molecule has 2 nitrogen and oxygen atoms in total. The van der Waals surface area contributed by atoms with Crippen LogP contribution >= 0.6 is 0 Å². The first-order chi connectivity index (χ1) is 6.86. The zero-order valence-corrected chi connectivity index (χ0v) is 9.55. The van der Waals surface area contributed by atoms with Gasteiger partial charge in [-0.3, -0.25) is 9.98 Å². The molecule has 0 amide bonds. The van der Waals surface area contributed by atoms with Crippen LogP contribution in [0, 0.1) is 0 Å². The van der Waals surface area contributed by atoms with Crippen LogP contribution < -0.4 is 0 Å². The van der Waals surface area contributed by atoms with E-state index in [1.54, 1.807) is 0 Å². The molecule has 0 aromatic carbocycles. The highest BCUT2D eigenvalue weighted by Gasteiger charge is 2.01. The molecule has 0 bridgehead atoms. The fraction of sp³-hybridized carbons (Fsp3) is 0.833. The van der Waals surface area contributed by atoms with Crippen LogP contribution in [0.3, 0.4) is 0 Å². The van der Waals surface area contributed by atoms with Crippen molar-refractivity contribution in [2.24, 2.45) is 9.98 Å². The van der Waals surface area contributed by atoms with E-state index in [2.05, 4.69) is 23.8 Å². The van der Waals surface area contributed by atoms with Gasteiger partial charge in [0.2, 0.25) is 0 Å². The molecule has 0 atom stereocenters. The summed E-state index contributed by atoms with van der Waals surface area (Å²) in [5.41, 5.74) is 2.83. The highest BCUT2D eigenvalue weighted by atomic mass is 14.8. The van der Waals surface area contributed by atoms with E-state index >= 15 is 0 Å². The van der Waals surface area contributed by atoms with E-state index in [9.17, 15) is 0 Å². The molecular formula is C12H22N2. The SMILES string of the molecule is CCC1=NCCC1.CCC1=NCCC1. The Bertz CT molecular complexity index is 192. The summed E-state index contributed by atoms with van der Waals surface area (Å²) in [5, 5.41) is 0. The first-order valence-corrected chi connectivity index (χ1v) is 5.91. The van der Waals surface area contributed by atoms with Crippen LogP contribution in [0.4, 0.5) is 0 Å². The Kier molecular flexibility index (Phi) is 5.50. The monoisotopic (exact) mass is 194 g/mol. The molecule has 2 heterocycles. The second-order valence-electron chi connectivity index (χ2n) is 3.81. The third-order valence-electron chi connectivity index (χ3n) is 2.73. The Balaban J connectivity index is 0.000000140. The Morgan fingerprint density at radius 1 is 0.857 bits per heavy atom. The van der Waals surface area contributed by atoms with Gasteiger partial charge in [-0.25, -0.2) is 0 Å². The Labute approximate surface area is 87.5 Å². The second-order valence-corrected chi connectivity index (χ2v) is 3.81. The molecule has 0 fully saturated rings. The van der Waals surface area contributed by atoms with Gasteiger partial charge in [0.05, 0.1) is 0 Å². The first kappa shape index (κ1) is 11.4. The lowest BCUT2D eigenvalue weighted by Gasteiger charge is -1.86. The van der Waals surface area contributed by atoms with Crippen molar-refractivity contribution in [1.29, 1.82) is 0 Å². The Morgan fingerprint density at radius 3 is 1.43 bits per heavy atom. The van der Waals surface area contributed by atoms with Gasteiger partial charge in [-0.05, 0) is 38.5 Å². The standard InChI is InChI=1S/2C6H11N/c2*1-2-6-4-3-5-7-6/h2*2-5H2,1H3. The zero-order chi connectivity index (χ0) is 10.2. The topological polar surface area (TPSA) is 24.7 Å². The van der Waals surface area contributed by atoms with E-state index in [1.807, 2.05) is 0 Å². The van der Waals surface area contributed by atoms with E-state index in [0.29, 0.717) is 0 Å². The van der Waals surface area contributed by atoms with Crippen LogP contribution in [-0.2, 0) is 0 Å². The van der Waals surface area contributed by atoms with Crippen LogP contribution in [0.15, 0.2) is 9.98 Å². The maximum atomic E-state index is 4.27. The van der Waals surface area contributed by atoms with E-state index in [0.717, 1.165) is 13.1 Å². The molecule has 0 spiro atoms. The number of hydrogen-bond acceptors (Lipinski definition) is 2. The number of nitrogens with zero attached hydrogens (tertiary/aromatic N) is 2. The minimum absolute atomic E-state index is 1.09. The van der Waals surface area contributed by atoms with Crippen LogP contribution in [0.25, 0.3) is 0 Å². The summed E-state index contributed by atoms with van der Waals surface area (Å²) in [6.07, 6.45) is 7.44. The van der Waals surface area contributed by atoms with Crippen molar-refractivity contribution in [1.82, 2.24) is 0 Å². The molecule has 0 N–H and O–H groups in total. The quantitative estimate of drug-likeness (QED) is 0.644. The first-order valence-electron chi connectivity index (χ1n) is 5.91. The summed E-state index contributed by atoms with van der Waals surface area (Å²) in [6, 6.07) is 0. The van der Waals surface area contributed by atoms with Crippen molar-refractivity contribution in [3.05, 3.63) is 0 Å². The van der Waals surface area contributed by atoms with Crippen molar-refractivity contribution < 1.29 is 0 Å². The summed E-state index contributed by atoms with van der Waals surface area (Å²) in [4.78, 5) is 8.54. The molecule has 2 aliphatic rings. The highest BCUT2D eigenvalue weighted by Crippen LogP contribution is 2.05. The highest BCUT2D eigenvalue weighted by molar-refractivity contribution is 5.85. The maximum absolute atomic E-state index is 4.27. The second kappa shape index (κ2) is 6.74. The normalized spacial score (nSPS) is 19.9. The lowest BCUT2D eigenvalue weighted by Crippen LogP contribution is -1.86. The van der Waals surface area contributed by atoms with Crippen molar-refractivity contribution >= 4 is 11.4 Å². The van der Waals surface area contributed by atoms with Gasteiger partial charge in [-0.15, -0.1) is 0 Å². The number of hydrogen-bond donors (Lipinski definition) is 0. The lowest BCUT2D eigenvalue weighted by atomic mass is 10.2. The van der Waals surface area contributed by atoms with Crippen LogP contribution in [0.2, 0.25) is 0 Å². The van der Waals surface area contributed by atoms with Crippen LogP contribution in [-0.4, -0.2) is 24.5 Å². The van der Waals surface area contributed by atoms with Gasteiger partial charge in [-0.1, -0.05) is 13.8 Å². The largest absolute Gasteiger partial charge is 0.294 e. The Morgan fingerprint density at radius 2 is 1.29 bits per heavy atom. The number of rotatable bonds is 2. The van der Waals surface area contributed by atoms with E-state index in [4.69, 9.17) is 0 Å². The molecule has 0 saturated heterocycles. The molecule has 0 aromatic rings. The minimum atomic E-state index is 1.09. The Hall–Kier alpha value is -0.660. The molecule has 2 aliphatic heterocycles. The summed E-state index contributed by atoms with van der Waals surface area (Å²) in [6.45, 7) is 6.51. The zero-order valence-electron chi connectivity index (χ0n) is 9.55. The smallest absolute Gasteiger partial charge is 0.0392 e. The molecule has 0 aromatic heterocycles. The van der Waals surface area contributed by atoms with Gasteiger partial charge >= 0.3 is 0 Å². The average molecular weight is 194 g/mol. The van der Waals surface area contributed by atoms with Gasteiger partial charge < -0.3 is 0 Å². The summed E-state index contributed by atoms with van der Waals surface area (Å²) in [7, 11) is 0. The van der Waals surface area contributed by atoms with Gasteiger partial charge in [0, 0.05) is 24.5 Å². The third kappa shape index (κ3) is 4.03. The summed E-state index contributed by atoms with van der Waals surface area (Å²) >= 11 is 0. The fourth-order valence-corrected chi connectivity index (χ4v) is 1.78. The van der Waals surface area contributed by atoms with Gasteiger partial charge in [-0.2, -0.15) is 0 Å². The molecule has 2 rings (SSSR count). The summed E-state index contributed by atoms with van der Waals surface area (Å²) < 4.78 is 0. The van der Waals surface area contributed by atoms with E-state index in [1.165, 1.54) is 49.9 Å². The average Bonchev–Trinajstić information content (AvgIpc) is 2.92. The van der Waals surface area contributed by atoms with Gasteiger partial charge in [0.15, 0.2) is 0 Å². The lowest BCUT2D eigenvalue weighted by molar-refractivity contribution is 0.948. The van der Waals surface area contributed by atoms with Gasteiger partial charge in [0.25, 0.3) is 0 Å². The van der Waals surface area contributed by atoms with Crippen LogP contribution in [0.5, 0.6) is 0 Å². The van der Waals surface area contributed by atoms with Crippen LogP contribution in [0.1, 0.15) is 52.4 Å². The molecular weight excluding hydrogens is 172 g/mol. The predicted octanol–water partition coefficient (Wildman–Crippen LogP) is 3.26. The van der Waals surface area contributed by atoms with Gasteiger partial charge in [0.1, 0.15) is 0 Å². The molecule has 80 valence electrons. The van der Waals surface area contributed by atoms with Crippen molar-refractivity contribution in [3.8, 4) is 0 Å². The van der Waals surface area contributed by atoms with Crippen molar-refractivity contribution in [2.45, 2.75) is 52.4 Å².